The molecule has 15 heavy (non-hydrogen) atoms. The lowest BCUT2D eigenvalue weighted by molar-refractivity contribution is -0.0328. The minimum Gasteiger partial charge on any atom is -0.329 e. The molecule has 0 unspecified atom stereocenters. The molecule has 0 saturated carbocycles. The van der Waals surface area contributed by atoms with Crippen molar-refractivity contribution in [2.24, 2.45) is 11.5 Å². The molecule has 0 aliphatic carbocycles. The maximum atomic E-state index is 12.1. The molecule has 0 saturated heterocycles. The zero-order chi connectivity index (χ0) is 11.5. The Bertz CT molecular complexity index is 327. The van der Waals surface area contributed by atoms with Crippen molar-refractivity contribution in [3.63, 3.8) is 0 Å². The van der Waals surface area contributed by atoms with Crippen molar-refractivity contribution in [2.45, 2.75) is 16.4 Å². The van der Waals surface area contributed by atoms with Crippen LogP contribution in [0.25, 0.3) is 0 Å². The normalized spacial score (nSPS) is 13.9. The van der Waals surface area contributed by atoms with Crippen molar-refractivity contribution in [1.82, 2.24) is 0 Å². The average molecular weight is 236 g/mol. The lowest BCUT2D eigenvalue weighted by Crippen LogP contribution is -2.20. The molecule has 0 aliphatic heterocycles. The van der Waals surface area contributed by atoms with Gasteiger partial charge in [0.1, 0.15) is 0 Å². The van der Waals surface area contributed by atoms with Crippen LogP contribution in [0.1, 0.15) is 11.6 Å². The van der Waals surface area contributed by atoms with Gasteiger partial charge in [0.25, 0.3) is 0 Å². The molecule has 0 aromatic heterocycles. The molecule has 84 valence electrons. The van der Waals surface area contributed by atoms with Crippen LogP contribution < -0.4 is 11.5 Å². The first kappa shape index (κ1) is 12.4. The third-order valence-corrected chi connectivity index (χ3v) is 2.49. The van der Waals surface area contributed by atoms with Gasteiger partial charge in [-0.15, -0.1) is 0 Å². The molecular weight excluding hydrogens is 225 g/mol. The second-order valence-electron chi connectivity index (χ2n) is 2.96. The summed E-state index contributed by atoms with van der Waals surface area (Å²) in [5.41, 5.74) is 7.28. The lowest BCUT2D eigenvalue weighted by Gasteiger charge is -2.11. The van der Waals surface area contributed by atoms with Crippen molar-refractivity contribution in [3.8, 4) is 0 Å². The number of hydrogen-bond acceptors (Lipinski definition) is 3. The zero-order valence-electron chi connectivity index (χ0n) is 7.79. The van der Waals surface area contributed by atoms with E-state index in [1.807, 2.05) is 0 Å². The Balaban J connectivity index is 2.83. The molecular formula is C9H11F3N2S. The molecule has 0 aliphatic rings. The van der Waals surface area contributed by atoms with Crippen molar-refractivity contribution in [3.05, 3.63) is 29.8 Å². The van der Waals surface area contributed by atoms with E-state index < -0.39 is 11.6 Å². The van der Waals surface area contributed by atoms with E-state index in [0.29, 0.717) is 5.56 Å². The van der Waals surface area contributed by atoms with Gasteiger partial charge in [0.2, 0.25) is 0 Å². The van der Waals surface area contributed by atoms with Gasteiger partial charge >= 0.3 is 5.51 Å². The number of alkyl halides is 3. The Morgan fingerprint density at radius 3 is 2.53 bits per heavy atom. The van der Waals surface area contributed by atoms with Gasteiger partial charge in [0, 0.05) is 17.5 Å². The summed E-state index contributed by atoms with van der Waals surface area (Å²) in [6, 6.07) is 5.59. The van der Waals surface area contributed by atoms with Crippen LogP contribution in [0.3, 0.4) is 0 Å². The van der Waals surface area contributed by atoms with E-state index in [0.717, 1.165) is 0 Å². The van der Waals surface area contributed by atoms with Crippen LogP contribution in [-0.4, -0.2) is 12.1 Å². The molecule has 1 atom stereocenters. The topological polar surface area (TPSA) is 52.0 Å². The maximum Gasteiger partial charge on any atom is 0.446 e. The molecule has 0 heterocycles. The summed E-state index contributed by atoms with van der Waals surface area (Å²) in [5.74, 6) is 0. The molecule has 0 spiro atoms. The molecule has 0 amide bonds. The summed E-state index contributed by atoms with van der Waals surface area (Å²) in [5, 5.41) is 0. The van der Waals surface area contributed by atoms with Gasteiger partial charge in [0.05, 0.1) is 0 Å². The van der Waals surface area contributed by atoms with E-state index in [1.165, 1.54) is 12.1 Å². The fourth-order valence-corrected chi connectivity index (χ4v) is 1.69. The lowest BCUT2D eigenvalue weighted by atomic mass is 10.1. The summed E-state index contributed by atoms with van der Waals surface area (Å²) in [6.07, 6.45) is 0. The first-order valence-electron chi connectivity index (χ1n) is 4.24. The quantitative estimate of drug-likeness (QED) is 0.791. The number of halogens is 3. The predicted octanol–water partition coefficient (Wildman–Crippen LogP) is 2.26. The maximum absolute atomic E-state index is 12.1. The average Bonchev–Trinajstić information content (AvgIpc) is 2.14. The molecule has 1 aromatic carbocycles. The third kappa shape index (κ3) is 4.11. The van der Waals surface area contributed by atoms with Gasteiger partial charge < -0.3 is 11.5 Å². The Labute approximate surface area is 89.8 Å². The Hall–Kier alpha value is -0.720. The molecule has 6 heteroatoms. The van der Waals surface area contributed by atoms with Crippen molar-refractivity contribution >= 4 is 11.8 Å². The van der Waals surface area contributed by atoms with Crippen LogP contribution >= 0.6 is 11.8 Å². The predicted molar refractivity (Wildman–Crippen MR) is 54.3 cm³/mol. The summed E-state index contributed by atoms with van der Waals surface area (Å²) >= 11 is -0.154. The molecule has 1 aromatic rings. The number of rotatable bonds is 3. The smallest absolute Gasteiger partial charge is 0.329 e. The van der Waals surface area contributed by atoms with E-state index in [2.05, 4.69) is 0 Å². The first-order valence-corrected chi connectivity index (χ1v) is 5.05. The monoisotopic (exact) mass is 236 g/mol. The van der Waals surface area contributed by atoms with Gasteiger partial charge in [-0.2, -0.15) is 13.2 Å². The highest BCUT2D eigenvalue weighted by molar-refractivity contribution is 8.00. The van der Waals surface area contributed by atoms with Crippen LogP contribution in [0.2, 0.25) is 0 Å². The molecule has 0 bridgehead atoms. The number of hydrogen-bond donors (Lipinski definition) is 2. The van der Waals surface area contributed by atoms with Crippen LogP contribution in [-0.2, 0) is 0 Å². The Kier molecular flexibility index (Phi) is 4.01. The van der Waals surface area contributed by atoms with E-state index in [9.17, 15) is 13.2 Å². The number of thioether (sulfide) groups is 1. The zero-order valence-corrected chi connectivity index (χ0v) is 8.61. The minimum absolute atomic E-state index is 0.129. The summed E-state index contributed by atoms with van der Waals surface area (Å²) < 4.78 is 36.2. The summed E-state index contributed by atoms with van der Waals surface area (Å²) in [4.78, 5) is 0.129. The van der Waals surface area contributed by atoms with Gasteiger partial charge in [-0.05, 0) is 29.5 Å². The van der Waals surface area contributed by atoms with Crippen LogP contribution in [0.4, 0.5) is 13.2 Å². The van der Waals surface area contributed by atoms with Crippen LogP contribution in [0.5, 0.6) is 0 Å². The van der Waals surface area contributed by atoms with E-state index in [4.69, 9.17) is 11.5 Å². The van der Waals surface area contributed by atoms with Crippen molar-refractivity contribution in [1.29, 1.82) is 0 Å². The SMILES string of the molecule is NC[C@@H](N)c1cccc(SC(F)(F)F)c1. The number of nitrogens with two attached hydrogens (primary N) is 2. The minimum atomic E-state index is -4.27. The van der Waals surface area contributed by atoms with Gasteiger partial charge in [-0.1, -0.05) is 12.1 Å². The second-order valence-corrected chi connectivity index (χ2v) is 4.10. The first-order chi connectivity index (χ1) is 6.92. The fraction of sp³-hybridized carbons (Fsp3) is 0.333. The van der Waals surface area contributed by atoms with Crippen molar-refractivity contribution in [2.75, 3.05) is 6.54 Å². The van der Waals surface area contributed by atoms with Crippen LogP contribution in [0, 0.1) is 0 Å². The van der Waals surface area contributed by atoms with Crippen molar-refractivity contribution < 1.29 is 13.2 Å². The van der Waals surface area contributed by atoms with Crippen LogP contribution in [0.15, 0.2) is 29.2 Å². The van der Waals surface area contributed by atoms with E-state index in [-0.39, 0.29) is 23.2 Å². The highest BCUT2D eigenvalue weighted by Gasteiger charge is 2.29. The van der Waals surface area contributed by atoms with E-state index >= 15 is 0 Å². The Morgan fingerprint density at radius 1 is 1.33 bits per heavy atom. The molecule has 2 nitrogen and oxygen atoms in total. The fourth-order valence-electron chi connectivity index (χ4n) is 1.08. The second kappa shape index (κ2) is 4.87. The molecule has 1 rings (SSSR count). The van der Waals surface area contributed by atoms with Gasteiger partial charge in [0.15, 0.2) is 0 Å². The highest BCUT2D eigenvalue weighted by Crippen LogP contribution is 2.37. The molecule has 0 fully saturated rings. The summed E-state index contributed by atoms with van der Waals surface area (Å²) in [7, 11) is 0. The molecule has 0 radical (unpaired) electrons. The highest BCUT2D eigenvalue weighted by atomic mass is 32.2. The summed E-state index contributed by atoms with van der Waals surface area (Å²) in [6.45, 7) is 0.208. The molecule has 4 N–H and O–H groups in total. The van der Waals surface area contributed by atoms with Gasteiger partial charge in [-0.25, -0.2) is 0 Å². The third-order valence-electron chi connectivity index (χ3n) is 1.77. The Morgan fingerprint density at radius 2 is 2.00 bits per heavy atom. The van der Waals surface area contributed by atoms with Gasteiger partial charge in [-0.3, -0.25) is 0 Å². The largest absolute Gasteiger partial charge is 0.446 e. The number of benzene rings is 1. The standard InChI is InChI=1S/C9H11F3N2S/c10-9(11,12)15-7-3-1-2-6(4-7)8(14)5-13/h1-4,8H,5,13-14H2/t8-/m1/s1. The van der Waals surface area contributed by atoms with E-state index in [1.54, 1.807) is 12.1 Å².